The molecule has 1 aromatic carbocycles. The zero-order valence-corrected chi connectivity index (χ0v) is 10.00. The number of benzene rings is 1. The lowest BCUT2D eigenvalue weighted by Gasteiger charge is -2.13. The summed E-state index contributed by atoms with van der Waals surface area (Å²) in [5.74, 6) is 0.247. The summed E-state index contributed by atoms with van der Waals surface area (Å²) < 4.78 is 10.4. The number of hydrogen-bond donors (Lipinski definition) is 0. The lowest BCUT2D eigenvalue weighted by Crippen LogP contribution is -2.19. The molecule has 0 aliphatic rings. The summed E-state index contributed by atoms with van der Waals surface area (Å²) >= 11 is 0. The van der Waals surface area contributed by atoms with Crippen molar-refractivity contribution in [2.75, 3.05) is 0 Å². The minimum Gasteiger partial charge on any atom is -0.455 e. The molecule has 1 atom stereocenters. The van der Waals surface area contributed by atoms with E-state index in [0.717, 1.165) is 0 Å². The van der Waals surface area contributed by atoms with Gasteiger partial charge in [-0.1, -0.05) is 36.4 Å². The number of hydrogen-bond acceptors (Lipinski definition) is 3. The Morgan fingerprint density at radius 1 is 1.24 bits per heavy atom. The third-order valence-electron chi connectivity index (χ3n) is 1.86. The van der Waals surface area contributed by atoms with Crippen molar-refractivity contribution in [3.8, 4) is 5.75 Å². The van der Waals surface area contributed by atoms with Crippen molar-refractivity contribution < 1.29 is 14.3 Å². The molecule has 3 heteroatoms. The molecule has 0 fully saturated rings. The lowest BCUT2D eigenvalue weighted by atomic mass is 10.3. The van der Waals surface area contributed by atoms with Gasteiger partial charge in [0.1, 0.15) is 5.75 Å². The molecule has 0 N–H and O–H groups in total. The number of carbonyl (C=O) groups is 1. The summed E-state index contributed by atoms with van der Waals surface area (Å²) in [6.07, 6.45) is 5.94. The Kier molecular flexibility index (Phi) is 5.58. The minimum absolute atomic E-state index is 0.425. The molecule has 0 heterocycles. The van der Waals surface area contributed by atoms with Crippen LogP contribution in [0.1, 0.15) is 13.8 Å². The highest BCUT2D eigenvalue weighted by Crippen LogP contribution is 2.11. The van der Waals surface area contributed by atoms with Gasteiger partial charge in [0.2, 0.25) is 6.29 Å². The maximum atomic E-state index is 11.3. The van der Waals surface area contributed by atoms with Gasteiger partial charge in [-0.3, -0.25) is 0 Å². The molecule has 0 aliphatic carbocycles. The normalized spacial score (nSPS) is 12.8. The predicted octanol–water partition coefficient (Wildman–Crippen LogP) is 3.09. The molecular formula is C14H16O3. The molecule has 1 rings (SSSR count). The standard InChI is InChI=1S/C14H16O3/c1-3-4-6-11-14(15)17-12(2)16-13-9-7-5-8-10-13/h3-12H,1-2H3/b4-3+,11-6+. The van der Waals surface area contributed by atoms with Crippen LogP contribution in [0, 0.1) is 0 Å². The smallest absolute Gasteiger partial charge is 0.333 e. The number of carbonyl (C=O) groups excluding carboxylic acids is 1. The average molecular weight is 232 g/mol. The Labute approximate surface area is 101 Å². The van der Waals surface area contributed by atoms with Crippen LogP contribution in [0.25, 0.3) is 0 Å². The molecule has 3 nitrogen and oxygen atoms in total. The van der Waals surface area contributed by atoms with Gasteiger partial charge in [-0.25, -0.2) is 4.79 Å². The Balaban J connectivity index is 2.39. The van der Waals surface area contributed by atoms with Gasteiger partial charge in [0, 0.05) is 13.0 Å². The summed E-state index contributed by atoms with van der Waals surface area (Å²) in [4.78, 5) is 11.3. The van der Waals surface area contributed by atoms with E-state index in [1.807, 2.05) is 31.2 Å². The molecule has 0 saturated heterocycles. The highest BCUT2D eigenvalue weighted by Gasteiger charge is 2.07. The number of ether oxygens (including phenoxy) is 2. The molecule has 17 heavy (non-hydrogen) atoms. The summed E-state index contributed by atoms with van der Waals surface area (Å²) in [6.45, 7) is 3.55. The van der Waals surface area contributed by atoms with Crippen molar-refractivity contribution in [1.82, 2.24) is 0 Å². The van der Waals surface area contributed by atoms with Crippen molar-refractivity contribution in [2.45, 2.75) is 20.1 Å². The molecule has 0 bridgehead atoms. The number of allylic oxidation sites excluding steroid dienone is 3. The van der Waals surface area contributed by atoms with Crippen molar-refractivity contribution in [1.29, 1.82) is 0 Å². The number of para-hydroxylation sites is 1. The largest absolute Gasteiger partial charge is 0.455 e. The predicted molar refractivity (Wildman–Crippen MR) is 66.6 cm³/mol. The topological polar surface area (TPSA) is 35.5 Å². The zero-order chi connectivity index (χ0) is 12.5. The van der Waals surface area contributed by atoms with E-state index in [9.17, 15) is 4.79 Å². The van der Waals surface area contributed by atoms with Gasteiger partial charge in [-0.05, 0) is 19.1 Å². The van der Waals surface area contributed by atoms with Crippen molar-refractivity contribution in [3.63, 3.8) is 0 Å². The van der Waals surface area contributed by atoms with E-state index < -0.39 is 12.3 Å². The molecule has 0 aliphatic heterocycles. The minimum atomic E-state index is -0.611. The maximum absolute atomic E-state index is 11.3. The quantitative estimate of drug-likeness (QED) is 0.339. The van der Waals surface area contributed by atoms with Crippen LogP contribution in [0.4, 0.5) is 0 Å². The fourth-order valence-electron chi connectivity index (χ4n) is 1.16. The highest BCUT2D eigenvalue weighted by molar-refractivity contribution is 5.82. The first kappa shape index (κ1) is 13.0. The molecule has 0 spiro atoms. The number of rotatable bonds is 5. The molecule has 0 saturated carbocycles. The van der Waals surface area contributed by atoms with E-state index in [1.54, 1.807) is 31.2 Å². The molecule has 90 valence electrons. The van der Waals surface area contributed by atoms with Crippen LogP contribution in [-0.4, -0.2) is 12.3 Å². The first-order chi connectivity index (χ1) is 8.22. The van der Waals surface area contributed by atoms with Gasteiger partial charge < -0.3 is 9.47 Å². The van der Waals surface area contributed by atoms with E-state index in [0.29, 0.717) is 5.75 Å². The van der Waals surface area contributed by atoms with E-state index in [1.165, 1.54) is 6.08 Å². The third kappa shape index (κ3) is 5.56. The van der Waals surface area contributed by atoms with Gasteiger partial charge in [0.15, 0.2) is 0 Å². The van der Waals surface area contributed by atoms with Crippen LogP contribution in [0.5, 0.6) is 5.75 Å². The van der Waals surface area contributed by atoms with Crippen molar-refractivity contribution in [2.24, 2.45) is 0 Å². The summed E-state index contributed by atoms with van der Waals surface area (Å²) in [6, 6.07) is 9.22. The van der Waals surface area contributed by atoms with Crippen molar-refractivity contribution >= 4 is 5.97 Å². The molecule has 1 unspecified atom stereocenters. The van der Waals surface area contributed by atoms with E-state index in [4.69, 9.17) is 9.47 Å². The maximum Gasteiger partial charge on any atom is 0.333 e. The third-order valence-corrected chi connectivity index (χ3v) is 1.86. The van der Waals surface area contributed by atoms with E-state index in [2.05, 4.69) is 0 Å². The number of esters is 1. The SMILES string of the molecule is C/C=C/C=C/C(=O)OC(C)Oc1ccccc1. The van der Waals surface area contributed by atoms with E-state index in [-0.39, 0.29) is 0 Å². The first-order valence-electron chi connectivity index (χ1n) is 5.44. The Morgan fingerprint density at radius 2 is 1.94 bits per heavy atom. The van der Waals surface area contributed by atoms with Crippen molar-refractivity contribution in [3.05, 3.63) is 54.6 Å². The van der Waals surface area contributed by atoms with E-state index >= 15 is 0 Å². The second-order valence-electron chi connectivity index (χ2n) is 3.32. The van der Waals surface area contributed by atoms with Gasteiger partial charge in [-0.2, -0.15) is 0 Å². The second kappa shape index (κ2) is 7.28. The molecular weight excluding hydrogens is 216 g/mol. The lowest BCUT2D eigenvalue weighted by molar-refractivity contribution is -0.154. The molecule has 0 amide bonds. The van der Waals surface area contributed by atoms with Crippen LogP contribution in [0.15, 0.2) is 54.6 Å². The van der Waals surface area contributed by atoms with Crippen LogP contribution in [-0.2, 0) is 9.53 Å². The van der Waals surface area contributed by atoms with Gasteiger partial charge in [0.25, 0.3) is 0 Å². The monoisotopic (exact) mass is 232 g/mol. The Morgan fingerprint density at radius 3 is 2.59 bits per heavy atom. The fraction of sp³-hybridized carbons (Fsp3) is 0.214. The fourth-order valence-corrected chi connectivity index (χ4v) is 1.16. The average Bonchev–Trinajstić information content (AvgIpc) is 2.30. The summed E-state index contributed by atoms with van der Waals surface area (Å²) in [5.41, 5.74) is 0. The van der Waals surface area contributed by atoms with Crippen LogP contribution in [0.3, 0.4) is 0 Å². The summed E-state index contributed by atoms with van der Waals surface area (Å²) in [7, 11) is 0. The zero-order valence-electron chi connectivity index (χ0n) is 10.00. The summed E-state index contributed by atoms with van der Waals surface area (Å²) in [5, 5.41) is 0. The Bertz CT molecular complexity index is 393. The van der Waals surface area contributed by atoms with Gasteiger partial charge in [0.05, 0.1) is 0 Å². The van der Waals surface area contributed by atoms with Gasteiger partial charge >= 0.3 is 5.97 Å². The molecule has 0 radical (unpaired) electrons. The Hall–Kier alpha value is -2.03. The first-order valence-corrected chi connectivity index (χ1v) is 5.44. The van der Waals surface area contributed by atoms with Crippen LogP contribution < -0.4 is 4.74 Å². The van der Waals surface area contributed by atoms with Gasteiger partial charge in [-0.15, -0.1) is 0 Å². The highest BCUT2D eigenvalue weighted by atomic mass is 16.7. The van der Waals surface area contributed by atoms with Crippen LogP contribution >= 0.6 is 0 Å². The molecule has 1 aromatic rings. The van der Waals surface area contributed by atoms with Crippen LogP contribution in [0.2, 0.25) is 0 Å². The second-order valence-corrected chi connectivity index (χ2v) is 3.32. The molecule has 0 aromatic heterocycles.